The van der Waals surface area contributed by atoms with E-state index in [4.69, 9.17) is 15.1 Å². The standard InChI is InChI=1S/C41H48N4/c1-26(2)32-18-13-19-33(27(3)4)40(32)42-24-37-36-17-10-11-22-39(36)45(44-37)25-38(31-16-12-15-30(9)23-31)43-41-34(28(5)6)20-14-21-35(41)29(7)8/h10-24,26-29H,25H2,1-9H3. The minimum Gasteiger partial charge on any atom is -0.258 e. The highest BCUT2D eigenvalue weighted by atomic mass is 15.3. The van der Waals surface area contributed by atoms with Gasteiger partial charge in [0.1, 0.15) is 5.69 Å². The van der Waals surface area contributed by atoms with Crippen LogP contribution in [0.4, 0.5) is 11.4 Å². The summed E-state index contributed by atoms with van der Waals surface area (Å²) in [4.78, 5) is 10.6. The Morgan fingerprint density at radius 3 is 1.76 bits per heavy atom. The van der Waals surface area contributed by atoms with Crippen molar-refractivity contribution in [3.8, 4) is 0 Å². The molecule has 0 spiro atoms. The molecule has 232 valence electrons. The molecule has 0 unspecified atom stereocenters. The highest BCUT2D eigenvalue weighted by Gasteiger charge is 2.18. The first-order chi connectivity index (χ1) is 21.5. The van der Waals surface area contributed by atoms with Crippen molar-refractivity contribution in [3.63, 3.8) is 0 Å². The van der Waals surface area contributed by atoms with Crippen LogP contribution in [0.2, 0.25) is 0 Å². The van der Waals surface area contributed by atoms with Crippen LogP contribution < -0.4 is 0 Å². The first kappa shape index (κ1) is 32.1. The number of fused-ring (bicyclic) bond motifs is 1. The smallest absolute Gasteiger partial charge is 0.111 e. The van der Waals surface area contributed by atoms with Crippen molar-refractivity contribution < 1.29 is 0 Å². The fourth-order valence-electron chi connectivity index (χ4n) is 6.09. The topological polar surface area (TPSA) is 42.5 Å². The quantitative estimate of drug-likeness (QED) is 0.148. The molecule has 1 aromatic heterocycles. The molecule has 0 amide bonds. The van der Waals surface area contributed by atoms with Crippen LogP contribution in [-0.2, 0) is 6.54 Å². The van der Waals surface area contributed by atoms with Gasteiger partial charge in [-0.2, -0.15) is 5.10 Å². The number of rotatable bonds is 10. The lowest BCUT2D eigenvalue weighted by molar-refractivity contribution is 0.748. The molecule has 4 aromatic carbocycles. The van der Waals surface area contributed by atoms with E-state index in [1.165, 1.54) is 27.8 Å². The molecule has 0 aliphatic heterocycles. The zero-order chi connectivity index (χ0) is 32.2. The van der Waals surface area contributed by atoms with Crippen LogP contribution in [0.25, 0.3) is 10.9 Å². The molecule has 0 bridgehead atoms. The van der Waals surface area contributed by atoms with E-state index >= 15 is 0 Å². The number of aromatic nitrogens is 2. The van der Waals surface area contributed by atoms with E-state index in [-0.39, 0.29) is 0 Å². The number of para-hydroxylation sites is 3. The second kappa shape index (κ2) is 13.8. The Balaban J connectivity index is 1.66. The van der Waals surface area contributed by atoms with Crippen LogP contribution in [0.3, 0.4) is 0 Å². The van der Waals surface area contributed by atoms with Crippen molar-refractivity contribution in [3.05, 3.63) is 124 Å². The Hall–Kier alpha value is -4.31. The maximum Gasteiger partial charge on any atom is 0.111 e. The third-order valence-corrected chi connectivity index (χ3v) is 8.58. The minimum atomic E-state index is 0.360. The fourth-order valence-corrected chi connectivity index (χ4v) is 6.09. The molecule has 0 fully saturated rings. The number of benzene rings is 4. The molecule has 0 atom stereocenters. The molecule has 0 saturated heterocycles. The van der Waals surface area contributed by atoms with Crippen LogP contribution in [-0.4, -0.2) is 21.7 Å². The highest BCUT2D eigenvalue weighted by molar-refractivity contribution is 6.04. The molecular formula is C41H48N4. The summed E-state index contributed by atoms with van der Waals surface area (Å²) in [5, 5.41) is 6.27. The molecule has 5 rings (SSSR count). The van der Waals surface area contributed by atoms with Crippen LogP contribution >= 0.6 is 0 Å². The molecule has 0 saturated carbocycles. The predicted molar refractivity (Wildman–Crippen MR) is 194 cm³/mol. The molecule has 0 radical (unpaired) electrons. The van der Waals surface area contributed by atoms with E-state index in [1.807, 2.05) is 6.21 Å². The second-order valence-corrected chi connectivity index (χ2v) is 13.4. The van der Waals surface area contributed by atoms with Gasteiger partial charge in [0.25, 0.3) is 0 Å². The lowest BCUT2D eigenvalue weighted by Gasteiger charge is -2.18. The molecule has 0 aliphatic rings. The fraction of sp³-hybridized carbons (Fsp3) is 0.341. The largest absolute Gasteiger partial charge is 0.258 e. The van der Waals surface area contributed by atoms with Gasteiger partial charge in [-0.15, -0.1) is 0 Å². The van der Waals surface area contributed by atoms with Crippen LogP contribution in [0.1, 0.15) is 118 Å². The Bertz CT molecular complexity index is 1800. The van der Waals surface area contributed by atoms with Gasteiger partial charge in [-0.25, -0.2) is 0 Å². The molecular weight excluding hydrogens is 548 g/mol. The maximum absolute atomic E-state index is 5.50. The molecule has 5 aromatic rings. The summed E-state index contributed by atoms with van der Waals surface area (Å²) >= 11 is 0. The van der Waals surface area contributed by atoms with Gasteiger partial charge in [0.05, 0.1) is 35.4 Å². The summed E-state index contributed by atoms with van der Waals surface area (Å²) in [5.74, 6) is 1.48. The SMILES string of the molecule is Cc1cccc(C(Cn2nc(C=Nc3c(C(C)C)cccc3C(C)C)c3ccccc32)=Nc2c(C(C)C)cccc2C(C)C)c1. The van der Waals surface area contributed by atoms with Crippen molar-refractivity contribution in [2.45, 2.75) is 92.5 Å². The highest BCUT2D eigenvalue weighted by Crippen LogP contribution is 2.36. The van der Waals surface area contributed by atoms with Gasteiger partial charge in [0, 0.05) is 5.39 Å². The molecule has 4 heteroatoms. The Morgan fingerprint density at radius 2 is 1.20 bits per heavy atom. The van der Waals surface area contributed by atoms with Gasteiger partial charge in [-0.1, -0.05) is 140 Å². The first-order valence-corrected chi connectivity index (χ1v) is 16.4. The van der Waals surface area contributed by atoms with Gasteiger partial charge < -0.3 is 0 Å². The molecule has 4 nitrogen and oxygen atoms in total. The first-order valence-electron chi connectivity index (χ1n) is 16.4. The summed E-state index contributed by atoms with van der Waals surface area (Å²) < 4.78 is 2.10. The van der Waals surface area contributed by atoms with Crippen molar-refractivity contribution in [1.82, 2.24) is 9.78 Å². The number of hydrogen-bond donors (Lipinski definition) is 0. The average molecular weight is 597 g/mol. The van der Waals surface area contributed by atoms with Gasteiger partial charge in [-0.3, -0.25) is 14.7 Å². The summed E-state index contributed by atoms with van der Waals surface area (Å²) in [6.45, 7) is 20.6. The van der Waals surface area contributed by atoms with E-state index in [0.29, 0.717) is 30.2 Å². The summed E-state index contributed by atoms with van der Waals surface area (Å²) in [6.07, 6.45) is 1.96. The zero-order valence-corrected chi connectivity index (χ0v) is 28.5. The lowest BCUT2D eigenvalue weighted by Crippen LogP contribution is -2.14. The summed E-state index contributed by atoms with van der Waals surface area (Å²) in [6, 6.07) is 30.3. The van der Waals surface area contributed by atoms with Crippen LogP contribution in [0.5, 0.6) is 0 Å². The number of aliphatic imine (C=N–C) groups is 2. The molecule has 0 aliphatic carbocycles. The second-order valence-electron chi connectivity index (χ2n) is 13.4. The third kappa shape index (κ3) is 7.01. The number of nitrogens with zero attached hydrogens (tertiary/aromatic N) is 4. The van der Waals surface area contributed by atoms with E-state index in [9.17, 15) is 0 Å². The molecule has 1 heterocycles. The van der Waals surface area contributed by atoms with E-state index in [1.54, 1.807) is 0 Å². The Labute approximate surface area is 270 Å². The van der Waals surface area contributed by atoms with E-state index in [2.05, 4.69) is 152 Å². The van der Waals surface area contributed by atoms with E-state index < -0.39 is 0 Å². The maximum atomic E-state index is 5.50. The summed E-state index contributed by atoms with van der Waals surface area (Å²) in [5.41, 5.74) is 12.5. The van der Waals surface area contributed by atoms with E-state index in [0.717, 1.165) is 39.2 Å². The van der Waals surface area contributed by atoms with Gasteiger partial charge in [0.15, 0.2) is 0 Å². The van der Waals surface area contributed by atoms with Gasteiger partial charge >= 0.3 is 0 Å². The average Bonchev–Trinajstić information content (AvgIpc) is 3.36. The van der Waals surface area contributed by atoms with Gasteiger partial charge in [-0.05, 0) is 64.5 Å². The monoisotopic (exact) mass is 596 g/mol. The lowest BCUT2D eigenvalue weighted by atomic mass is 9.92. The molecule has 45 heavy (non-hydrogen) atoms. The summed E-state index contributed by atoms with van der Waals surface area (Å²) in [7, 11) is 0. The van der Waals surface area contributed by atoms with Crippen molar-refractivity contribution in [2.24, 2.45) is 9.98 Å². The normalized spacial score (nSPS) is 12.6. The predicted octanol–water partition coefficient (Wildman–Crippen LogP) is 11.4. The Kier molecular flexibility index (Phi) is 9.82. The van der Waals surface area contributed by atoms with Crippen molar-refractivity contribution >= 4 is 34.2 Å². The number of hydrogen-bond acceptors (Lipinski definition) is 3. The van der Waals surface area contributed by atoms with Gasteiger partial charge in [0.2, 0.25) is 0 Å². The van der Waals surface area contributed by atoms with Crippen LogP contribution in [0.15, 0.2) is 94.9 Å². The minimum absolute atomic E-state index is 0.360. The van der Waals surface area contributed by atoms with Crippen molar-refractivity contribution in [2.75, 3.05) is 0 Å². The van der Waals surface area contributed by atoms with Crippen molar-refractivity contribution in [1.29, 1.82) is 0 Å². The third-order valence-electron chi connectivity index (χ3n) is 8.58. The zero-order valence-electron chi connectivity index (χ0n) is 28.5. The molecule has 0 N–H and O–H groups in total. The Morgan fingerprint density at radius 1 is 0.667 bits per heavy atom. The number of aryl methyl sites for hydroxylation is 1. The van der Waals surface area contributed by atoms with Crippen LogP contribution in [0, 0.1) is 6.92 Å².